The predicted octanol–water partition coefficient (Wildman–Crippen LogP) is 4.44. The average molecular weight is 319 g/mol. The zero-order valence-corrected chi connectivity index (χ0v) is 13.6. The Hall–Kier alpha value is -2.81. The van der Waals surface area contributed by atoms with Crippen molar-refractivity contribution in [3.63, 3.8) is 0 Å². The van der Waals surface area contributed by atoms with Gasteiger partial charge in [-0.05, 0) is 29.7 Å². The molecule has 1 heterocycles. The van der Waals surface area contributed by atoms with Gasteiger partial charge in [0.15, 0.2) is 0 Å². The first-order valence-electron chi connectivity index (χ1n) is 8.19. The molecule has 0 bridgehead atoms. The Morgan fingerprint density at radius 2 is 1.46 bits per heavy atom. The Labute approximate surface area is 142 Å². The molecule has 122 valence electrons. The summed E-state index contributed by atoms with van der Waals surface area (Å²) in [7, 11) is 0. The van der Waals surface area contributed by atoms with Crippen molar-refractivity contribution >= 4 is 5.91 Å². The van der Waals surface area contributed by atoms with E-state index in [1.165, 1.54) is 5.56 Å². The number of nitrogens with zero attached hydrogens (tertiary/aromatic N) is 1. The van der Waals surface area contributed by atoms with Gasteiger partial charge in [0.25, 0.3) is 0 Å². The van der Waals surface area contributed by atoms with Gasteiger partial charge in [0.1, 0.15) is 5.76 Å². The first kappa shape index (κ1) is 16.1. The van der Waals surface area contributed by atoms with Crippen LogP contribution in [0.15, 0.2) is 83.5 Å². The molecule has 3 nitrogen and oxygen atoms in total. The number of hydrogen-bond donors (Lipinski definition) is 0. The van der Waals surface area contributed by atoms with Crippen LogP contribution in [-0.4, -0.2) is 10.8 Å². The number of amides is 1. The SMILES string of the molecule is O=C(CCc1ccccc1)N(Cc1ccccc1)Cc1ccco1. The van der Waals surface area contributed by atoms with Crippen LogP contribution in [0.2, 0.25) is 0 Å². The van der Waals surface area contributed by atoms with Gasteiger partial charge in [0, 0.05) is 13.0 Å². The van der Waals surface area contributed by atoms with Crippen molar-refractivity contribution < 1.29 is 9.21 Å². The highest BCUT2D eigenvalue weighted by atomic mass is 16.3. The second-order valence-corrected chi connectivity index (χ2v) is 5.80. The number of benzene rings is 2. The van der Waals surface area contributed by atoms with Crippen LogP contribution in [0.5, 0.6) is 0 Å². The molecule has 0 N–H and O–H groups in total. The van der Waals surface area contributed by atoms with Crippen LogP contribution in [-0.2, 0) is 24.3 Å². The maximum atomic E-state index is 12.7. The molecule has 0 atom stereocenters. The van der Waals surface area contributed by atoms with Crippen molar-refractivity contribution in [3.8, 4) is 0 Å². The molecule has 0 saturated heterocycles. The first-order valence-corrected chi connectivity index (χ1v) is 8.19. The third kappa shape index (κ3) is 4.59. The van der Waals surface area contributed by atoms with E-state index in [0.717, 1.165) is 17.7 Å². The molecule has 0 fully saturated rings. The minimum Gasteiger partial charge on any atom is -0.467 e. The Morgan fingerprint density at radius 3 is 2.08 bits per heavy atom. The fraction of sp³-hybridized carbons (Fsp3) is 0.190. The molecule has 0 aliphatic carbocycles. The molecular weight excluding hydrogens is 298 g/mol. The summed E-state index contributed by atoms with van der Waals surface area (Å²) >= 11 is 0. The van der Waals surface area contributed by atoms with E-state index < -0.39 is 0 Å². The Kier molecular flexibility index (Phi) is 5.46. The van der Waals surface area contributed by atoms with Gasteiger partial charge in [-0.3, -0.25) is 4.79 Å². The van der Waals surface area contributed by atoms with Crippen molar-refractivity contribution in [2.75, 3.05) is 0 Å². The third-order valence-corrected chi connectivity index (χ3v) is 3.97. The van der Waals surface area contributed by atoms with Gasteiger partial charge in [0.2, 0.25) is 5.91 Å². The first-order chi connectivity index (χ1) is 11.8. The van der Waals surface area contributed by atoms with E-state index >= 15 is 0 Å². The molecule has 0 radical (unpaired) electrons. The molecule has 3 aromatic rings. The zero-order chi connectivity index (χ0) is 16.6. The van der Waals surface area contributed by atoms with Crippen molar-refractivity contribution in [2.24, 2.45) is 0 Å². The molecule has 0 aliphatic rings. The molecule has 3 heteroatoms. The summed E-state index contributed by atoms with van der Waals surface area (Å²) < 4.78 is 5.42. The lowest BCUT2D eigenvalue weighted by atomic mass is 10.1. The van der Waals surface area contributed by atoms with Crippen molar-refractivity contribution in [3.05, 3.63) is 95.9 Å². The number of carbonyl (C=O) groups is 1. The summed E-state index contributed by atoms with van der Waals surface area (Å²) in [5.41, 5.74) is 2.31. The van der Waals surface area contributed by atoms with E-state index in [2.05, 4.69) is 12.1 Å². The minimum absolute atomic E-state index is 0.138. The van der Waals surface area contributed by atoms with Crippen molar-refractivity contribution in [1.29, 1.82) is 0 Å². The fourth-order valence-electron chi connectivity index (χ4n) is 2.68. The van der Waals surface area contributed by atoms with E-state index in [1.807, 2.05) is 65.6 Å². The van der Waals surface area contributed by atoms with Gasteiger partial charge >= 0.3 is 0 Å². The number of furan rings is 1. The highest BCUT2D eigenvalue weighted by molar-refractivity contribution is 5.76. The largest absolute Gasteiger partial charge is 0.467 e. The van der Waals surface area contributed by atoms with Crippen molar-refractivity contribution in [1.82, 2.24) is 4.90 Å². The van der Waals surface area contributed by atoms with Crippen LogP contribution in [0, 0.1) is 0 Å². The molecule has 1 aromatic heterocycles. The lowest BCUT2D eigenvalue weighted by molar-refractivity contribution is -0.132. The van der Waals surface area contributed by atoms with Crippen LogP contribution in [0.3, 0.4) is 0 Å². The standard InChI is InChI=1S/C21H21NO2/c23-21(14-13-18-8-3-1-4-9-18)22(17-20-12-7-15-24-20)16-19-10-5-2-6-11-19/h1-12,15H,13-14,16-17H2. The second-order valence-electron chi connectivity index (χ2n) is 5.80. The molecule has 0 aliphatic heterocycles. The maximum Gasteiger partial charge on any atom is 0.223 e. The molecule has 0 spiro atoms. The summed E-state index contributed by atoms with van der Waals surface area (Å²) in [5, 5.41) is 0. The van der Waals surface area contributed by atoms with Gasteiger partial charge in [-0.2, -0.15) is 0 Å². The van der Waals surface area contributed by atoms with E-state index in [-0.39, 0.29) is 5.91 Å². The summed E-state index contributed by atoms with van der Waals surface area (Å²) in [6, 6.07) is 23.9. The predicted molar refractivity (Wildman–Crippen MR) is 94.2 cm³/mol. The summed E-state index contributed by atoms with van der Waals surface area (Å²) in [5.74, 6) is 0.943. The van der Waals surface area contributed by atoms with Crippen LogP contribution in [0.1, 0.15) is 23.3 Å². The van der Waals surface area contributed by atoms with E-state index in [4.69, 9.17) is 4.42 Å². The van der Waals surface area contributed by atoms with E-state index in [1.54, 1.807) is 6.26 Å². The highest BCUT2D eigenvalue weighted by Crippen LogP contribution is 2.13. The molecule has 0 saturated carbocycles. The lowest BCUT2D eigenvalue weighted by Gasteiger charge is -2.22. The fourth-order valence-corrected chi connectivity index (χ4v) is 2.68. The number of rotatable bonds is 7. The molecule has 2 aromatic carbocycles. The lowest BCUT2D eigenvalue weighted by Crippen LogP contribution is -2.30. The average Bonchev–Trinajstić information content (AvgIpc) is 3.14. The number of aryl methyl sites for hydroxylation is 1. The van der Waals surface area contributed by atoms with Gasteiger partial charge in [-0.15, -0.1) is 0 Å². The Morgan fingerprint density at radius 1 is 0.792 bits per heavy atom. The van der Waals surface area contributed by atoms with Crippen molar-refractivity contribution in [2.45, 2.75) is 25.9 Å². The zero-order valence-electron chi connectivity index (χ0n) is 13.6. The monoisotopic (exact) mass is 319 g/mol. The van der Waals surface area contributed by atoms with Crippen LogP contribution in [0.25, 0.3) is 0 Å². The van der Waals surface area contributed by atoms with Crippen LogP contribution >= 0.6 is 0 Å². The molecule has 3 rings (SSSR count). The van der Waals surface area contributed by atoms with Gasteiger partial charge in [0.05, 0.1) is 12.8 Å². The number of hydrogen-bond acceptors (Lipinski definition) is 2. The highest BCUT2D eigenvalue weighted by Gasteiger charge is 2.15. The maximum absolute atomic E-state index is 12.7. The Bertz CT molecular complexity index is 736. The minimum atomic E-state index is 0.138. The van der Waals surface area contributed by atoms with Crippen LogP contribution in [0.4, 0.5) is 0 Å². The van der Waals surface area contributed by atoms with Gasteiger partial charge in [-0.1, -0.05) is 60.7 Å². The van der Waals surface area contributed by atoms with Crippen LogP contribution < -0.4 is 0 Å². The van der Waals surface area contributed by atoms with Gasteiger partial charge in [-0.25, -0.2) is 0 Å². The van der Waals surface area contributed by atoms with Gasteiger partial charge < -0.3 is 9.32 Å². The topological polar surface area (TPSA) is 33.5 Å². The molecule has 1 amide bonds. The summed E-state index contributed by atoms with van der Waals surface area (Å²) in [6.07, 6.45) is 2.89. The second kappa shape index (κ2) is 8.16. The van der Waals surface area contributed by atoms with E-state index in [9.17, 15) is 4.79 Å². The quantitative estimate of drug-likeness (QED) is 0.645. The molecule has 0 unspecified atom stereocenters. The smallest absolute Gasteiger partial charge is 0.223 e. The Balaban J connectivity index is 1.67. The third-order valence-electron chi connectivity index (χ3n) is 3.97. The normalized spacial score (nSPS) is 10.5. The summed E-state index contributed by atoms with van der Waals surface area (Å²) in [6.45, 7) is 1.09. The molecular formula is C21H21NO2. The van der Waals surface area contributed by atoms with E-state index in [0.29, 0.717) is 19.5 Å². The summed E-state index contributed by atoms with van der Waals surface area (Å²) in [4.78, 5) is 14.6. The molecule has 24 heavy (non-hydrogen) atoms. The number of carbonyl (C=O) groups excluding carboxylic acids is 1.